The molecule has 2 atom stereocenters. The maximum absolute atomic E-state index is 13.0. The second-order valence-electron chi connectivity index (χ2n) is 7.12. The van der Waals surface area contributed by atoms with Crippen molar-refractivity contribution in [1.29, 1.82) is 0 Å². The normalized spacial score (nSPS) is 33.2. The van der Waals surface area contributed by atoms with Crippen molar-refractivity contribution in [1.82, 2.24) is 10.2 Å². The minimum absolute atomic E-state index is 0.00220. The number of alkyl halides is 3. The third-order valence-electron chi connectivity index (χ3n) is 5.53. The van der Waals surface area contributed by atoms with Crippen molar-refractivity contribution in [3.8, 4) is 0 Å². The van der Waals surface area contributed by atoms with E-state index in [0.29, 0.717) is 6.04 Å². The van der Waals surface area contributed by atoms with Crippen LogP contribution in [-0.2, 0) is 4.79 Å². The largest absolute Gasteiger partial charge is 0.394 e. The van der Waals surface area contributed by atoms with Crippen LogP contribution in [0.15, 0.2) is 0 Å². The molecule has 1 N–H and O–H groups in total. The summed E-state index contributed by atoms with van der Waals surface area (Å²) in [6.45, 7) is 1.72. The van der Waals surface area contributed by atoms with Gasteiger partial charge in [-0.25, -0.2) is 0 Å². The molecule has 0 aromatic carbocycles. The van der Waals surface area contributed by atoms with E-state index < -0.39 is 11.6 Å². The van der Waals surface area contributed by atoms with E-state index in [2.05, 4.69) is 5.32 Å². The summed E-state index contributed by atoms with van der Waals surface area (Å²) in [5.41, 5.74) is -1.64. The molecule has 0 bridgehead atoms. The molecule has 2 aliphatic heterocycles. The lowest BCUT2D eigenvalue weighted by Crippen LogP contribution is -2.52. The van der Waals surface area contributed by atoms with Crippen molar-refractivity contribution in [2.45, 2.75) is 63.7 Å². The van der Waals surface area contributed by atoms with Gasteiger partial charge in [0, 0.05) is 19.1 Å². The summed E-state index contributed by atoms with van der Waals surface area (Å²) in [7, 11) is 0. The Hall–Kier alpha value is -0.780. The van der Waals surface area contributed by atoms with Crippen LogP contribution >= 0.6 is 0 Å². The van der Waals surface area contributed by atoms with Gasteiger partial charge in [-0.15, -0.1) is 0 Å². The Morgan fingerprint density at radius 1 is 1.14 bits per heavy atom. The van der Waals surface area contributed by atoms with Crippen LogP contribution < -0.4 is 5.32 Å². The summed E-state index contributed by atoms with van der Waals surface area (Å²) in [5.74, 6) is 0.722. The maximum Gasteiger partial charge on any atom is 0.394 e. The molecule has 3 aliphatic rings. The van der Waals surface area contributed by atoms with Crippen LogP contribution in [0, 0.1) is 11.3 Å². The van der Waals surface area contributed by atoms with Crippen LogP contribution in [0.25, 0.3) is 0 Å². The van der Waals surface area contributed by atoms with Gasteiger partial charge in [0.2, 0.25) is 5.91 Å². The summed E-state index contributed by atoms with van der Waals surface area (Å²) in [5, 5.41) is 3.39. The average molecular weight is 304 g/mol. The summed E-state index contributed by atoms with van der Waals surface area (Å²) >= 11 is 0. The Morgan fingerprint density at radius 3 is 2.29 bits per heavy atom. The predicted molar refractivity (Wildman–Crippen MR) is 72.6 cm³/mol. The van der Waals surface area contributed by atoms with Gasteiger partial charge in [-0.1, -0.05) is 6.92 Å². The number of piperidine rings is 1. The fourth-order valence-electron chi connectivity index (χ4n) is 3.56. The topological polar surface area (TPSA) is 32.3 Å². The smallest absolute Gasteiger partial charge is 0.341 e. The first-order valence-corrected chi connectivity index (χ1v) is 7.92. The van der Waals surface area contributed by atoms with Crippen molar-refractivity contribution < 1.29 is 18.0 Å². The van der Waals surface area contributed by atoms with Crippen LogP contribution in [0.5, 0.6) is 0 Å². The lowest BCUT2D eigenvalue weighted by Gasteiger charge is -2.41. The van der Waals surface area contributed by atoms with E-state index in [4.69, 9.17) is 0 Å². The number of likely N-dealkylation sites (tertiary alicyclic amines) is 1. The van der Waals surface area contributed by atoms with E-state index in [9.17, 15) is 18.0 Å². The molecule has 1 amide bonds. The highest BCUT2D eigenvalue weighted by atomic mass is 19.4. The molecular weight excluding hydrogens is 281 g/mol. The Balaban J connectivity index is 1.53. The Bertz CT molecular complexity index is 412. The lowest BCUT2D eigenvalue weighted by molar-refractivity contribution is -0.231. The highest BCUT2D eigenvalue weighted by molar-refractivity contribution is 5.82. The van der Waals surface area contributed by atoms with Crippen molar-refractivity contribution in [2.24, 2.45) is 11.3 Å². The van der Waals surface area contributed by atoms with Crippen molar-refractivity contribution in [3.05, 3.63) is 0 Å². The molecule has 0 aromatic rings. The summed E-state index contributed by atoms with van der Waals surface area (Å²) < 4.78 is 39.0. The van der Waals surface area contributed by atoms with Gasteiger partial charge in [0.15, 0.2) is 0 Å². The summed E-state index contributed by atoms with van der Waals surface area (Å²) in [6.07, 6.45) is 0.188. The van der Waals surface area contributed by atoms with E-state index >= 15 is 0 Å². The number of carbonyl (C=O) groups excluding carboxylic acids is 1. The van der Waals surface area contributed by atoms with Crippen molar-refractivity contribution in [2.75, 3.05) is 13.1 Å². The standard InChI is InChI=1S/C15H23F3N2O/c1-14(15(16,17)18)6-8-20(9-7-14)13(21)12-5-4-11(19-12)10-2-3-10/h10-12,19H,2-9H2,1H3. The fraction of sp³-hybridized carbons (Fsp3) is 0.933. The first-order valence-electron chi connectivity index (χ1n) is 7.92. The molecule has 6 heteroatoms. The van der Waals surface area contributed by atoms with Crippen molar-refractivity contribution in [3.63, 3.8) is 0 Å². The minimum atomic E-state index is -4.18. The van der Waals surface area contributed by atoms with Gasteiger partial charge in [-0.3, -0.25) is 4.79 Å². The Morgan fingerprint density at radius 2 is 1.76 bits per heavy atom. The Kier molecular flexibility index (Phi) is 3.71. The maximum atomic E-state index is 13.0. The predicted octanol–water partition coefficient (Wildman–Crippen LogP) is 2.71. The highest BCUT2D eigenvalue weighted by Gasteiger charge is 2.52. The SMILES string of the molecule is CC1(C(F)(F)F)CCN(C(=O)C2CCC(C3CC3)N2)CC1. The van der Waals surface area contributed by atoms with Crippen LogP contribution in [0.4, 0.5) is 13.2 Å². The van der Waals surface area contributed by atoms with Crippen LogP contribution in [0.3, 0.4) is 0 Å². The number of hydrogen-bond donors (Lipinski definition) is 1. The van der Waals surface area contributed by atoms with Gasteiger partial charge in [-0.2, -0.15) is 13.2 Å². The molecule has 3 nitrogen and oxygen atoms in total. The Labute approximate surface area is 123 Å². The molecule has 0 aromatic heterocycles. The molecule has 0 spiro atoms. The number of nitrogens with one attached hydrogen (secondary N) is 1. The molecule has 2 unspecified atom stereocenters. The molecule has 0 radical (unpaired) electrons. The number of hydrogen-bond acceptors (Lipinski definition) is 2. The lowest BCUT2D eigenvalue weighted by atomic mass is 9.79. The third-order valence-corrected chi connectivity index (χ3v) is 5.53. The summed E-state index contributed by atoms with van der Waals surface area (Å²) in [6, 6.07) is 0.273. The molecule has 3 fully saturated rings. The average Bonchev–Trinajstić information content (AvgIpc) is 3.15. The molecule has 2 heterocycles. The van der Waals surface area contributed by atoms with E-state index in [1.807, 2.05) is 0 Å². The van der Waals surface area contributed by atoms with E-state index in [-0.39, 0.29) is 37.9 Å². The zero-order chi connectivity index (χ0) is 15.3. The van der Waals surface area contributed by atoms with E-state index in [1.165, 1.54) is 19.8 Å². The third kappa shape index (κ3) is 2.91. The quantitative estimate of drug-likeness (QED) is 0.851. The molecule has 1 aliphatic carbocycles. The monoisotopic (exact) mass is 304 g/mol. The summed E-state index contributed by atoms with van der Waals surface area (Å²) in [4.78, 5) is 14.1. The number of carbonyl (C=O) groups is 1. The van der Waals surface area contributed by atoms with Crippen LogP contribution in [-0.4, -0.2) is 42.2 Å². The number of nitrogens with zero attached hydrogens (tertiary/aromatic N) is 1. The first kappa shape index (κ1) is 15.1. The molecular formula is C15H23F3N2O. The molecule has 3 rings (SSSR count). The number of rotatable bonds is 2. The minimum Gasteiger partial charge on any atom is -0.341 e. The van der Waals surface area contributed by atoms with Gasteiger partial charge >= 0.3 is 6.18 Å². The van der Waals surface area contributed by atoms with Gasteiger partial charge in [0.25, 0.3) is 0 Å². The van der Waals surface area contributed by atoms with Crippen molar-refractivity contribution >= 4 is 5.91 Å². The zero-order valence-corrected chi connectivity index (χ0v) is 12.4. The second-order valence-corrected chi connectivity index (χ2v) is 7.12. The van der Waals surface area contributed by atoms with Gasteiger partial charge in [0.05, 0.1) is 11.5 Å². The molecule has 21 heavy (non-hydrogen) atoms. The number of halogens is 3. The molecule has 1 saturated carbocycles. The number of amides is 1. The fourth-order valence-corrected chi connectivity index (χ4v) is 3.56. The zero-order valence-electron chi connectivity index (χ0n) is 12.4. The van der Waals surface area contributed by atoms with Crippen LogP contribution in [0.2, 0.25) is 0 Å². The van der Waals surface area contributed by atoms with Gasteiger partial charge < -0.3 is 10.2 Å². The highest BCUT2D eigenvalue weighted by Crippen LogP contribution is 2.46. The van der Waals surface area contributed by atoms with Crippen LogP contribution in [0.1, 0.15) is 45.4 Å². The first-order chi connectivity index (χ1) is 9.80. The van der Waals surface area contributed by atoms with E-state index in [1.54, 1.807) is 4.90 Å². The van der Waals surface area contributed by atoms with Gasteiger partial charge in [-0.05, 0) is 44.4 Å². The molecule has 120 valence electrons. The second kappa shape index (κ2) is 5.14. The van der Waals surface area contributed by atoms with E-state index in [0.717, 1.165) is 18.8 Å². The van der Waals surface area contributed by atoms with Gasteiger partial charge in [0.1, 0.15) is 0 Å². The molecule has 2 saturated heterocycles.